The lowest BCUT2D eigenvalue weighted by Gasteiger charge is -2.13. The highest BCUT2D eigenvalue weighted by Gasteiger charge is 2.14. The Morgan fingerprint density at radius 2 is 1.77 bits per heavy atom. The predicted molar refractivity (Wildman–Crippen MR) is 101 cm³/mol. The van der Waals surface area contributed by atoms with Crippen LogP contribution in [0.15, 0.2) is 66.7 Å². The minimum absolute atomic E-state index is 0.000797. The van der Waals surface area contributed by atoms with Crippen LogP contribution in [-0.4, -0.2) is 17.4 Å². The van der Waals surface area contributed by atoms with Crippen molar-refractivity contribution in [2.45, 2.75) is 13.0 Å². The standard InChI is InChI=1S/C20H19N3O3/c1-14(18-8-4-6-15-5-2-3-7-19(15)18)21-13-20(24)22-16-9-11-17(12-10-16)23(25)26/h2-12,14,21H,13H2,1H3,(H,22,24)/p+1/t14-/m1/s1. The maximum atomic E-state index is 12.2. The molecule has 0 aliphatic rings. The Labute approximate surface area is 151 Å². The molecule has 0 saturated heterocycles. The van der Waals surface area contributed by atoms with Crippen molar-refractivity contribution in [1.29, 1.82) is 0 Å². The molecule has 0 aromatic heterocycles. The van der Waals surface area contributed by atoms with Gasteiger partial charge in [-0.05, 0) is 29.8 Å². The second-order valence-corrected chi connectivity index (χ2v) is 6.15. The van der Waals surface area contributed by atoms with E-state index in [-0.39, 0.29) is 24.2 Å². The number of quaternary nitrogens is 1. The van der Waals surface area contributed by atoms with E-state index in [4.69, 9.17) is 0 Å². The molecule has 132 valence electrons. The molecule has 0 fully saturated rings. The number of amides is 1. The van der Waals surface area contributed by atoms with Crippen molar-refractivity contribution in [3.63, 3.8) is 0 Å². The third kappa shape index (κ3) is 4.04. The highest BCUT2D eigenvalue weighted by molar-refractivity contribution is 5.91. The number of fused-ring (bicyclic) bond motifs is 1. The number of nitro benzene ring substituents is 1. The molecule has 3 N–H and O–H groups in total. The van der Waals surface area contributed by atoms with Crippen LogP contribution >= 0.6 is 0 Å². The monoisotopic (exact) mass is 350 g/mol. The smallest absolute Gasteiger partial charge is 0.279 e. The first kappa shape index (κ1) is 17.6. The van der Waals surface area contributed by atoms with Crippen LogP contribution in [0.3, 0.4) is 0 Å². The average Bonchev–Trinajstić information content (AvgIpc) is 2.66. The minimum atomic E-state index is -0.467. The Bertz CT molecular complexity index is 933. The SMILES string of the molecule is C[C@@H]([NH2+]CC(=O)Nc1ccc([N+](=O)[O-])cc1)c1cccc2ccccc12. The van der Waals surface area contributed by atoms with Gasteiger partial charge in [0, 0.05) is 23.4 Å². The first-order chi connectivity index (χ1) is 12.5. The summed E-state index contributed by atoms with van der Waals surface area (Å²) in [6.45, 7) is 2.34. The molecular weight excluding hydrogens is 330 g/mol. The van der Waals surface area contributed by atoms with Crippen LogP contribution in [0.2, 0.25) is 0 Å². The number of anilines is 1. The van der Waals surface area contributed by atoms with Crippen LogP contribution in [0.25, 0.3) is 10.8 Å². The maximum Gasteiger partial charge on any atom is 0.279 e. The summed E-state index contributed by atoms with van der Waals surface area (Å²) >= 11 is 0. The molecule has 1 amide bonds. The van der Waals surface area contributed by atoms with E-state index < -0.39 is 4.92 Å². The van der Waals surface area contributed by atoms with Gasteiger partial charge in [0.15, 0.2) is 6.54 Å². The lowest BCUT2D eigenvalue weighted by molar-refractivity contribution is -0.682. The molecule has 0 heterocycles. The van der Waals surface area contributed by atoms with E-state index in [1.54, 1.807) is 0 Å². The summed E-state index contributed by atoms with van der Waals surface area (Å²) in [4.78, 5) is 22.3. The molecule has 0 radical (unpaired) electrons. The molecule has 26 heavy (non-hydrogen) atoms. The number of nitrogens with two attached hydrogens (primary N) is 1. The van der Waals surface area contributed by atoms with Gasteiger partial charge in [-0.2, -0.15) is 0 Å². The van der Waals surface area contributed by atoms with Crippen LogP contribution in [0.4, 0.5) is 11.4 Å². The Hall–Kier alpha value is -3.25. The zero-order valence-electron chi connectivity index (χ0n) is 14.4. The minimum Gasteiger partial charge on any atom is -0.332 e. The second-order valence-electron chi connectivity index (χ2n) is 6.15. The van der Waals surface area contributed by atoms with E-state index in [1.165, 1.54) is 40.6 Å². The fraction of sp³-hybridized carbons (Fsp3) is 0.150. The summed E-state index contributed by atoms with van der Waals surface area (Å²) in [5.41, 5.74) is 1.73. The molecule has 3 aromatic carbocycles. The van der Waals surface area contributed by atoms with Gasteiger partial charge in [-0.1, -0.05) is 42.5 Å². The molecule has 0 saturated carbocycles. The average molecular weight is 350 g/mol. The fourth-order valence-electron chi connectivity index (χ4n) is 2.94. The first-order valence-corrected chi connectivity index (χ1v) is 8.40. The van der Waals surface area contributed by atoms with Gasteiger partial charge in [0.25, 0.3) is 11.6 Å². The van der Waals surface area contributed by atoms with Gasteiger partial charge in [-0.15, -0.1) is 0 Å². The van der Waals surface area contributed by atoms with Gasteiger partial charge in [0.1, 0.15) is 6.04 Å². The van der Waals surface area contributed by atoms with E-state index in [9.17, 15) is 14.9 Å². The van der Waals surface area contributed by atoms with Crippen LogP contribution in [0.5, 0.6) is 0 Å². The number of carbonyl (C=O) groups is 1. The molecule has 6 nitrogen and oxygen atoms in total. The quantitative estimate of drug-likeness (QED) is 0.529. The van der Waals surface area contributed by atoms with Crippen molar-refractivity contribution < 1.29 is 15.0 Å². The van der Waals surface area contributed by atoms with Gasteiger partial charge in [-0.3, -0.25) is 14.9 Å². The highest BCUT2D eigenvalue weighted by Crippen LogP contribution is 2.22. The number of nitrogens with one attached hydrogen (secondary N) is 1. The normalized spacial score (nSPS) is 11.9. The van der Waals surface area contributed by atoms with Crippen molar-refractivity contribution in [3.8, 4) is 0 Å². The lowest BCUT2D eigenvalue weighted by Crippen LogP contribution is -2.86. The molecule has 6 heteroatoms. The van der Waals surface area contributed by atoms with Gasteiger partial charge in [0.05, 0.1) is 4.92 Å². The lowest BCUT2D eigenvalue weighted by atomic mass is 10.00. The molecule has 0 bridgehead atoms. The molecular formula is C20H20N3O3+. The first-order valence-electron chi connectivity index (χ1n) is 8.40. The van der Waals surface area contributed by atoms with Crippen molar-refractivity contribution >= 4 is 28.1 Å². The van der Waals surface area contributed by atoms with Gasteiger partial charge in [-0.25, -0.2) is 0 Å². The molecule has 0 unspecified atom stereocenters. The van der Waals surface area contributed by atoms with Crippen molar-refractivity contribution in [3.05, 3.63) is 82.4 Å². The van der Waals surface area contributed by atoms with Crippen molar-refractivity contribution in [1.82, 2.24) is 0 Å². The number of nitro groups is 1. The zero-order chi connectivity index (χ0) is 18.5. The summed E-state index contributed by atoms with van der Waals surface area (Å²) in [6.07, 6.45) is 0. The Balaban J connectivity index is 1.61. The van der Waals surface area contributed by atoms with Crippen LogP contribution in [-0.2, 0) is 4.79 Å². The summed E-state index contributed by atoms with van der Waals surface area (Å²) in [6, 6.07) is 20.3. The van der Waals surface area contributed by atoms with Gasteiger partial charge < -0.3 is 10.6 Å². The topological polar surface area (TPSA) is 88.8 Å². The van der Waals surface area contributed by atoms with Crippen molar-refractivity contribution in [2.24, 2.45) is 0 Å². The fourth-order valence-corrected chi connectivity index (χ4v) is 2.94. The van der Waals surface area contributed by atoms with Crippen LogP contribution in [0, 0.1) is 10.1 Å². The number of rotatable bonds is 6. The summed E-state index contributed by atoms with van der Waals surface area (Å²) in [5, 5.41) is 17.8. The summed E-state index contributed by atoms with van der Waals surface area (Å²) in [5.74, 6) is -0.147. The largest absolute Gasteiger partial charge is 0.332 e. The molecule has 0 spiro atoms. The number of benzene rings is 3. The van der Waals surface area contributed by atoms with E-state index >= 15 is 0 Å². The molecule has 0 aliphatic heterocycles. The van der Waals surface area contributed by atoms with Gasteiger partial charge in [0.2, 0.25) is 0 Å². The van der Waals surface area contributed by atoms with Crippen molar-refractivity contribution in [2.75, 3.05) is 11.9 Å². The third-order valence-corrected chi connectivity index (χ3v) is 4.33. The highest BCUT2D eigenvalue weighted by atomic mass is 16.6. The molecule has 1 atom stereocenters. The van der Waals surface area contributed by atoms with Gasteiger partial charge >= 0.3 is 0 Å². The van der Waals surface area contributed by atoms with E-state index in [2.05, 4.69) is 36.5 Å². The number of hydrogen-bond donors (Lipinski definition) is 2. The second kappa shape index (κ2) is 7.76. The molecule has 3 rings (SSSR count). The van der Waals surface area contributed by atoms with E-state index in [1.807, 2.05) is 23.5 Å². The Morgan fingerprint density at radius 3 is 2.50 bits per heavy atom. The summed E-state index contributed by atoms with van der Waals surface area (Å²) < 4.78 is 0. The molecule has 0 aliphatic carbocycles. The maximum absolute atomic E-state index is 12.2. The van der Waals surface area contributed by atoms with E-state index in [0.717, 1.165) is 0 Å². The number of nitrogens with zero attached hydrogens (tertiary/aromatic N) is 1. The van der Waals surface area contributed by atoms with E-state index in [0.29, 0.717) is 5.69 Å². The zero-order valence-corrected chi connectivity index (χ0v) is 14.4. The van der Waals surface area contributed by atoms with Crippen LogP contribution in [0.1, 0.15) is 18.5 Å². The predicted octanol–water partition coefficient (Wildman–Crippen LogP) is 3.01. The number of non-ortho nitro benzene ring substituents is 1. The third-order valence-electron chi connectivity index (χ3n) is 4.33. The number of hydrogen-bond acceptors (Lipinski definition) is 3. The van der Waals surface area contributed by atoms with Crippen LogP contribution < -0.4 is 10.6 Å². The number of carbonyl (C=O) groups excluding carboxylic acids is 1. The summed E-state index contributed by atoms with van der Waals surface area (Å²) in [7, 11) is 0. The Morgan fingerprint density at radius 1 is 1.08 bits per heavy atom. The Kier molecular flexibility index (Phi) is 5.24. The molecule has 3 aromatic rings.